The van der Waals surface area contributed by atoms with Gasteiger partial charge < -0.3 is 14.4 Å². The zero-order chi connectivity index (χ0) is 21.9. The Labute approximate surface area is 189 Å². The van der Waals surface area contributed by atoms with Crippen molar-refractivity contribution in [1.29, 1.82) is 0 Å². The van der Waals surface area contributed by atoms with Crippen LogP contribution in [0.15, 0.2) is 48.8 Å². The van der Waals surface area contributed by atoms with Gasteiger partial charge in [0.05, 0.1) is 19.8 Å². The van der Waals surface area contributed by atoms with Crippen molar-refractivity contribution in [3.63, 3.8) is 0 Å². The third-order valence-corrected chi connectivity index (χ3v) is 6.67. The number of hydrogen-bond donors (Lipinski definition) is 0. The summed E-state index contributed by atoms with van der Waals surface area (Å²) in [6.45, 7) is 6.11. The zero-order valence-corrected chi connectivity index (χ0v) is 18.9. The highest BCUT2D eigenvalue weighted by molar-refractivity contribution is 5.58. The van der Waals surface area contributed by atoms with Gasteiger partial charge in [0.1, 0.15) is 12.1 Å². The van der Waals surface area contributed by atoms with E-state index in [-0.39, 0.29) is 6.10 Å². The number of nitrogens with zero attached hydrogens (tertiary/aromatic N) is 5. The minimum atomic E-state index is 0.173. The summed E-state index contributed by atoms with van der Waals surface area (Å²) in [5.41, 5.74) is 5.11. The van der Waals surface area contributed by atoms with Crippen LogP contribution in [-0.4, -0.2) is 66.1 Å². The Morgan fingerprint density at radius 2 is 1.88 bits per heavy atom. The first-order valence-corrected chi connectivity index (χ1v) is 11.4. The average Bonchev–Trinajstić information content (AvgIpc) is 3.28. The van der Waals surface area contributed by atoms with Gasteiger partial charge in [-0.2, -0.15) is 5.10 Å². The van der Waals surface area contributed by atoms with Crippen molar-refractivity contribution >= 4 is 5.69 Å². The predicted molar refractivity (Wildman–Crippen MR) is 125 cm³/mol. The molecule has 7 heteroatoms. The molecule has 2 aliphatic rings. The molecule has 2 aromatic carbocycles. The van der Waals surface area contributed by atoms with Crippen LogP contribution in [0.5, 0.6) is 5.75 Å². The van der Waals surface area contributed by atoms with E-state index < -0.39 is 0 Å². The molecule has 3 heterocycles. The molecule has 7 nitrogen and oxygen atoms in total. The van der Waals surface area contributed by atoms with Gasteiger partial charge in [-0.1, -0.05) is 12.1 Å². The molecule has 0 aliphatic carbocycles. The Hall–Kier alpha value is -2.90. The number of fused-ring (bicyclic) bond motifs is 1. The number of benzene rings is 2. The second-order valence-electron chi connectivity index (χ2n) is 8.55. The second kappa shape index (κ2) is 9.30. The van der Waals surface area contributed by atoms with Crippen LogP contribution in [0.1, 0.15) is 23.7 Å². The highest BCUT2D eigenvalue weighted by Crippen LogP contribution is 2.32. The quantitative estimate of drug-likeness (QED) is 0.595. The van der Waals surface area contributed by atoms with Crippen molar-refractivity contribution < 1.29 is 9.47 Å². The fourth-order valence-corrected chi connectivity index (χ4v) is 4.80. The van der Waals surface area contributed by atoms with E-state index >= 15 is 0 Å². The minimum absolute atomic E-state index is 0.173. The molecule has 3 aromatic rings. The third kappa shape index (κ3) is 4.36. The fraction of sp³-hybridized carbons (Fsp3) is 0.440. The number of rotatable bonds is 6. The third-order valence-electron chi connectivity index (χ3n) is 6.67. The molecule has 32 heavy (non-hydrogen) atoms. The highest BCUT2D eigenvalue weighted by atomic mass is 16.5. The number of piperazine rings is 1. The van der Waals surface area contributed by atoms with Crippen LogP contribution >= 0.6 is 0 Å². The van der Waals surface area contributed by atoms with E-state index in [1.165, 1.54) is 16.8 Å². The molecule has 168 valence electrons. The van der Waals surface area contributed by atoms with Gasteiger partial charge >= 0.3 is 0 Å². The van der Waals surface area contributed by atoms with Crippen molar-refractivity contribution in [1.82, 2.24) is 19.7 Å². The summed E-state index contributed by atoms with van der Waals surface area (Å²) in [6, 6.07) is 15.0. The van der Waals surface area contributed by atoms with Gasteiger partial charge in [0, 0.05) is 51.0 Å². The standard InChI is InChI=1S/C25H31N5O2/c1-28-25(26-18-27-28)20-3-8-23-19(17-20)10-16-32-24(23)9-11-29-12-14-30(15-13-29)21-4-6-22(31-2)7-5-21/h3-8,17-18,24H,9-16H2,1-2H3/t24-/m0/s1. The van der Waals surface area contributed by atoms with Crippen molar-refractivity contribution in [3.05, 3.63) is 59.9 Å². The molecule has 0 N–H and O–H groups in total. The van der Waals surface area contributed by atoms with Crippen molar-refractivity contribution in [3.8, 4) is 17.1 Å². The lowest BCUT2D eigenvalue weighted by atomic mass is 9.93. The number of ether oxygens (including phenoxy) is 2. The van der Waals surface area contributed by atoms with Crippen LogP contribution in [-0.2, 0) is 18.2 Å². The molecular weight excluding hydrogens is 402 g/mol. The molecule has 1 fully saturated rings. The molecule has 5 rings (SSSR count). The Kier molecular flexibility index (Phi) is 6.10. The SMILES string of the molecule is COc1ccc(N2CCN(CC[C@@H]3OCCc4cc(-c5ncnn5C)ccc43)CC2)cc1. The summed E-state index contributed by atoms with van der Waals surface area (Å²) in [7, 11) is 3.64. The van der Waals surface area contributed by atoms with Crippen LogP contribution < -0.4 is 9.64 Å². The molecule has 1 saturated heterocycles. The first kappa shape index (κ1) is 21.0. The summed E-state index contributed by atoms with van der Waals surface area (Å²) >= 11 is 0. The fourth-order valence-electron chi connectivity index (χ4n) is 4.80. The maximum absolute atomic E-state index is 6.18. The van der Waals surface area contributed by atoms with Crippen molar-refractivity contribution in [2.45, 2.75) is 18.9 Å². The zero-order valence-electron chi connectivity index (χ0n) is 18.9. The van der Waals surface area contributed by atoms with E-state index in [9.17, 15) is 0 Å². The average molecular weight is 434 g/mol. The maximum atomic E-state index is 6.18. The van der Waals surface area contributed by atoms with Crippen molar-refractivity contribution in [2.24, 2.45) is 7.05 Å². The molecular formula is C25H31N5O2. The van der Waals surface area contributed by atoms with E-state index in [4.69, 9.17) is 9.47 Å². The summed E-state index contributed by atoms with van der Waals surface area (Å²) in [6.07, 6.45) is 3.76. The molecule has 1 aromatic heterocycles. The van der Waals surface area contributed by atoms with Crippen LogP contribution in [0, 0.1) is 0 Å². The number of aryl methyl sites for hydroxylation is 1. The van der Waals surface area contributed by atoms with Gasteiger partial charge in [0.2, 0.25) is 0 Å². The largest absolute Gasteiger partial charge is 0.497 e. The first-order valence-electron chi connectivity index (χ1n) is 11.4. The van der Waals surface area contributed by atoms with Gasteiger partial charge in [-0.25, -0.2) is 9.67 Å². The predicted octanol–water partition coefficient (Wildman–Crippen LogP) is 3.32. The van der Waals surface area contributed by atoms with Gasteiger partial charge in [0.15, 0.2) is 5.82 Å². The number of aromatic nitrogens is 3. The number of anilines is 1. The normalized spacial score (nSPS) is 19.1. The smallest absolute Gasteiger partial charge is 0.157 e. The molecule has 0 spiro atoms. The lowest BCUT2D eigenvalue weighted by Crippen LogP contribution is -2.46. The lowest BCUT2D eigenvalue weighted by Gasteiger charge is -2.37. The molecule has 2 aliphatic heterocycles. The van der Waals surface area contributed by atoms with E-state index in [1.54, 1.807) is 13.4 Å². The molecule has 0 radical (unpaired) electrons. The molecule has 0 amide bonds. The van der Waals surface area contributed by atoms with Gasteiger partial charge in [-0.3, -0.25) is 4.90 Å². The van der Waals surface area contributed by atoms with E-state index in [2.05, 4.69) is 50.2 Å². The Bertz CT molecular complexity index is 1040. The van der Waals surface area contributed by atoms with E-state index in [0.29, 0.717) is 0 Å². The van der Waals surface area contributed by atoms with Crippen LogP contribution in [0.2, 0.25) is 0 Å². The molecule has 0 unspecified atom stereocenters. The molecule has 0 bridgehead atoms. The van der Waals surface area contributed by atoms with Gasteiger partial charge in [0.25, 0.3) is 0 Å². The lowest BCUT2D eigenvalue weighted by molar-refractivity contribution is 0.0289. The monoisotopic (exact) mass is 433 g/mol. The molecule has 1 atom stereocenters. The van der Waals surface area contributed by atoms with Gasteiger partial charge in [-0.15, -0.1) is 0 Å². The minimum Gasteiger partial charge on any atom is -0.497 e. The van der Waals surface area contributed by atoms with Crippen LogP contribution in [0.3, 0.4) is 0 Å². The van der Waals surface area contributed by atoms with Crippen LogP contribution in [0.4, 0.5) is 5.69 Å². The first-order chi connectivity index (χ1) is 15.7. The summed E-state index contributed by atoms with van der Waals surface area (Å²) in [5, 5.41) is 4.20. The maximum Gasteiger partial charge on any atom is 0.157 e. The van der Waals surface area contributed by atoms with E-state index in [1.807, 2.05) is 23.9 Å². The summed E-state index contributed by atoms with van der Waals surface area (Å²) in [4.78, 5) is 9.41. The van der Waals surface area contributed by atoms with Crippen molar-refractivity contribution in [2.75, 3.05) is 51.3 Å². The van der Waals surface area contributed by atoms with E-state index in [0.717, 1.165) is 69.3 Å². The second-order valence-corrected chi connectivity index (χ2v) is 8.55. The highest BCUT2D eigenvalue weighted by Gasteiger charge is 2.24. The summed E-state index contributed by atoms with van der Waals surface area (Å²) < 4.78 is 13.3. The van der Waals surface area contributed by atoms with Gasteiger partial charge in [-0.05, 0) is 54.3 Å². The molecule has 0 saturated carbocycles. The number of methoxy groups -OCH3 is 1. The van der Waals surface area contributed by atoms with Crippen LogP contribution in [0.25, 0.3) is 11.4 Å². The Morgan fingerprint density at radius 3 is 2.59 bits per heavy atom. The summed E-state index contributed by atoms with van der Waals surface area (Å²) in [5.74, 6) is 1.81. The number of hydrogen-bond acceptors (Lipinski definition) is 6. The Morgan fingerprint density at radius 1 is 1.06 bits per heavy atom. The topological polar surface area (TPSA) is 55.6 Å². The Balaban J connectivity index is 1.17.